The number of furan rings is 1. The highest BCUT2D eigenvalue weighted by Gasteiger charge is 2.27. The van der Waals surface area contributed by atoms with E-state index in [0.29, 0.717) is 18.2 Å². The molecule has 0 radical (unpaired) electrons. The maximum absolute atomic E-state index is 12.1. The molecule has 0 bridgehead atoms. The molecule has 1 aliphatic carbocycles. The zero-order valence-electron chi connectivity index (χ0n) is 13.1. The Morgan fingerprint density at radius 1 is 1.21 bits per heavy atom. The van der Waals surface area contributed by atoms with E-state index in [4.69, 9.17) is 9.40 Å². The first-order chi connectivity index (χ1) is 11.8. The van der Waals surface area contributed by atoms with E-state index in [9.17, 15) is 4.79 Å². The number of para-hydroxylation sites is 1. The summed E-state index contributed by atoms with van der Waals surface area (Å²) in [6.45, 7) is 0.407. The Hall–Kier alpha value is -2.34. The monoisotopic (exact) mass is 339 g/mol. The van der Waals surface area contributed by atoms with Crippen LogP contribution in [0.1, 0.15) is 30.3 Å². The van der Waals surface area contributed by atoms with Crippen molar-refractivity contribution in [3.8, 4) is 0 Å². The summed E-state index contributed by atoms with van der Waals surface area (Å²) >= 11 is 1.46. The number of carbonyl (C=O) groups excluding carboxylic acids is 1. The summed E-state index contributed by atoms with van der Waals surface area (Å²) < 4.78 is 5.21. The predicted octanol–water partition coefficient (Wildman–Crippen LogP) is 3.51. The second-order valence-electron chi connectivity index (χ2n) is 5.82. The number of carbonyl (C=O) groups is 1. The fourth-order valence-electron chi connectivity index (χ4n) is 2.48. The van der Waals surface area contributed by atoms with Gasteiger partial charge in [0.2, 0.25) is 5.91 Å². The first-order valence-corrected chi connectivity index (χ1v) is 8.97. The normalized spacial score (nSPS) is 14.0. The van der Waals surface area contributed by atoms with Gasteiger partial charge in [-0.2, -0.15) is 0 Å². The molecule has 1 aliphatic rings. The maximum atomic E-state index is 12.1. The summed E-state index contributed by atoms with van der Waals surface area (Å²) in [5, 5.41) is 4.75. The molecule has 24 heavy (non-hydrogen) atoms. The largest absolute Gasteiger partial charge is 0.467 e. The van der Waals surface area contributed by atoms with Crippen LogP contribution in [0.15, 0.2) is 52.1 Å². The molecule has 1 saturated carbocycles. The van der Waals surface area contributed by atoms with Crippen LogP contribution in [0.4, 0.5) is 0 Å². The molecule has 0 saturated heterocycles. The minimum Gasteiger partial charge on any atom is -0.467 e. The standard InChI is InChI=1S/C18H17N3O2S/c22-16(19-10-13-4-3-9-23-13)11-24-18-14-5-1-2-6-15(14)20-17(21-18)12-7-8-12/h1-6,9,12H,7-8,10-11H2,(H,19,22). The SMILES string of the molecule is O=C(CSc1nc(C2CC2)nc2ccccc12)NCc1ccco1. The molecule has 0 unspecified atom stereocenters. The van der Waals surface area contributed by atoms with Crippen LogP contribution < -0.4 is 5.32 Å². The third kappa shape index (κ3) is 3.43. The number of fused-ring (bicyclic) bond motifs is 1. The number of thioether (sulfide) groups is 1. The summed E-state index contributed by atoms with van der Waals surface area (Å²) in [5.41, 5.74) is 0.952. The third-order valence-corrected chi connectivity index (χ3v) is 4.90. The number of hydrogen-bond donors (Lipinski definition) is 1. The van der Waals surface area contributed by atoms with Crippen molar-refractivity contribution in [2.75, 3.05) is 5.75 Å². The van der Waals surface area contributed by atoms with Crippen LogP contribution in [0.2, 0.25) is 0 Å². The van der Waals surface area contributed by atoms with Gasteiger partial charge < -0.3 is 9.73 Å². The van der Waals surface area contributed by atoms with Gasteiger partial charge in [0, 0.05) is 11.3 Å². The van der Waals surface area contributed by atoms with Crippen LogP contribution in [-0.2, 0) is 11.3 Å². The molecule has 0 aliphatic heterocycles. The van der Waals surface area contributed by atoms with Gasteiger partial charge in [-0.15, -0.1) is 0 Å². The summed E-state index contributed by atoms with van der Waals surface area (Å²) in [5.74, 6) is 2.43. The average Bonchev–Trinajstić information content (AvgIpc) is 3.33. The number of aromatic nitrogens is 2. The summed E-state index contributed by atoms with van der Waals surface area (Å²) in [7, 11) is 0. The average molecular weight is 339 g/mol. The van der Waals surface area contributed by atoms with Crippen LogP contribution in [0.3, 0.4) is 0 Å². The number of hydrogen-bond acceptors (Lipinski definition) is 5. The molecule has 1 N–H and O–H groups in total. The fourth-order valence-corrected chi connectivity index (χ4v) is 3.34. The van der Waals surface area contributed by atoms with Crippen molar-refractivity contribution in [3.63, 3.8) is 0 Å². The Morgan fingerprint density at radius 3 is 2.88 bits per heavy atom. The minimum absolute atomic E-state index is 0.0351. The zero-order valence-corrected chi connectivity index (χ0v) is 13.9. The molecule has 0 spiro atoms. The quantitative estimate of drug-likeness (QED) is 0.550. The van der Waals surface area contributed by atoms with E-state index in [2.05, 4.69) is 10.3 Å². The van der Waals surface area contributed by atoms with Crippen molar-refractivity contribution in [1.82, 2.24) is 15.3 Å². The minimum atomic E-state index is -0.0351. The highest BCUT2D eigenvalue weighted by molar-refractivity contribution is 8.00. The summed E-state index contributed by atoms with van der Waals surface area (Å²) in [4.78, 5) is 21.4. The first-order valence-electron chi connectivity index (χ1n) is 7.98. The number of rotatable bonds is 6. The number of nitrogens with zero attached hydrogens (tertiary/aromatic N) is 2. The van der Waals surface area contributed by atoms with E-state index >= 15 is 0 Å². The van der Waals surface area contributed by atoms with E-state index < -0.39 is 0 Å². The second kappa shape index (κ2) is 6.65. The van der Waals surface area contributed by atoms with Gasteiger partial charge in [-0.1, -0.05) is 30.0 Å². The van der Waals surface area contributed by atoms with E-state index in [1.165, 1.54) is 11.8 Å². The zero-order chi connectivity index (χ0) is 16.4. The van der Waals surface area contributed by atoms with Crippen LogP contribution in [-0.4, -0.2) is 21.6 Å². The Labute approximate surface area is 143 Å². The number of nitrogens with one attached hydrogen (secondary N) is 1. The summed E-state index contributed by atoms with van der Waals surface area (Å²) in [6.07, 6.45) is 3.92. The Bertz CT molecular complexity index is 860. The van der Waals surface area contributed by atoms with Crippen LogP contribution in [0.5, 0.6) is 0 Å². The molecule has 3 aromatic rings. The molecule has 1 aromatic carbocycles. The van der Waals surface area contributed by atoms with E-state index in [1.807, 2.05) is 36.4 Å². The van der Waals surface area contributed by atoms with E-state index in [1.54, 1.807) is 6.26 Å². The fraction of sp³-hybridized carbons (Fsp3) is 0.278. The van der Waals surface area contributed by atoms with Crippen molar-refractivity contribution in [2.45, 2.75) is 30.3 Å². The predicted molar refractivity (Wildman–Crippen MR) is 92.8 cm³/mol. The van der Waals surface area contributed by atoms with Gasteiger partial charge in [-0.05, 0) is 31.0 Å². The van der Waals surface area contributed by atoms with Crippen LogP contribution in [0.25, 0.3) is 10.9 Å². The van der Waals surface area contributed by atoms with Crippen molar-refractivity contribution < 1.29 is 9.21 Å². The second-order valence-corrected chi connectivity index (χ2v) is 6.79. The maximum Gasteiger partial charge on any atom is 0.230 e. The van der Waals surface area contributed by atoms with Crippen LogP contribution >= 0.6 is 11.8 Å². The molecule has 2 heterocycles. The molecular weight excluding hydrogens is 322 g/mol. The molecule has 5 nitrogen and oxygen atoms in total. The van der Waals surface area contributed by atoms with Gasteiger partial charge in [0.05, 0.1) is 24.1 Å². The lowest BCUT2D eigenvalue weighted by Crippen LogP contribution is -2.24. The van der Waals surface area contributed by atoms with Crippen molar-refractivity contribution >= 4 is 28.6 Å². The molecule has 122 valence electrons. The molecule has 4 rings (SSSR count). The lowest BCUT2D eigenvalue weighted by Gasteiger charge is -2.08. The van der Waals surface area contributed by atoms with Gasteiger partial charge in [0.25, 0.3) is 0 Å². The Balaban J connectivity index is 1.46. The third-order valence-electron chi connectivity index (χ3n) is 3.91. The Kier molecular flexibility index (Phi) is 4.21. The molecule has 2 aromatic heterocycles. The summed E-state index contributed by atoms with van der Waals surface area (Å²) in [6, 6.07) is 11.6. The van der Waals surface area contributed by atoms with Crippen molar-refractivity contribution in [3.05, 3.63) is 54.2 Å². The van der Waals surface area contributed by atoms with Crippen molar-refractivity contribution in [1.29, 1.82) is 0 Å². The molecule has 6 heteroatoms. The van der Waals surface area contributed by atoms with Crippen LogP contribution in [0, 0.1) is 0 Å². The van der Waals surface area contributed by atoms with Gasteiger partial charge in [0.15, 0.2) is 0 Å². The number of benzene rings is 1. The van der Waals surface area contributed by atoms with E-state index in [-0.39, 0.29) is 5.91 Å². The molecule has 1 amide bonds. The van der Waals surface area contributed by atoms with Gasteiger partial charge in [0.1, 0.15) is 16.6 Å². The highest BCUT2D eigenvalue weighted by Crippen LogP contribution is 2.39. The van der Waals surface area contributed by atoms with Gasteiger partial charge in [-0.25, -0.2) is 9.97 Å². The highest BCUT2D eigenvalue weighted by atomic mass is 32.2. The molecule has 0 atom stereocenters. The lowest BCUT2D eigenvalue weighted by molar-refractivity contribution is -0.118. The smallest absolute Gasteiger partial charge is 0.230 e. The molecular formula is C18H17N3O2S. The van der Waals surface area contributed by atoms with Gasteiger partial charge in [-0.3, -0.25) is 4.79 Å². The number of amides is 1. The van der Waals surface area contributed by atoms with Gasteiger partial charge >= 0.3 is 0 Å². The topological polar surface area (TPSA) is 68.0 Å². The Morgan fingerprint density at radius 2 is 2.08 bits per heavy atom. The van der Waals surface area contributed by atoms with E-state index in [0.717, 1.165) is 40.4 Å². The first kappa shape index (κ1) is 15.2. The van der Waals surface area contributed by atoms with Crippen molar-refractivity contribution in [2.24, 2.45) is 0 Å². The lowest BCUT2D eigenvalue weighted by atomic mass is 10.2. The molecule has 1 fully saturated rings.